The summed E-state index contributed by atoms with van der Waals surface area (Å²) >= 11 is 0. The topological polar surface area (TPSA) is 71.5 Å². The number of nitrogens with zero attached hydrogens (tertiary/aromatic N) is 2. The third kappa shape index (κ3) is 5.19. The monoisotopic (exact) mass is 389 g/mol. The molecule has 1 aromatic heterocycles. The van der Waals surface area contributed by atoms with E-state index in [0.29, 0.717) is 29.1 Å². The van der Waals surface area contributed by atoms with Crippen molar-refractivity contribution in [2.45, 2.75) is 6.42 Å². The Morgan fingerprint density at radius 2 is 1.62 bits per heavy atom. The van der Waals surface area contributed by atoms with Gasteiger partial charge in [-0.15, -0.1) is 0 Å². The molecule has 29 heavy (non-hydrogen) atoms. The van der Waals surface area contributed by atoms with Gasteiger partial charge in [-0.2, -0.15) is 0 Å². The summed E-state index contributed by atoms with van der Waals surface area (Å²) in [5, 5.41) is 2.82. The van der Waals surface area contributed by atoms with Gasteiger partial charge in [-0.1, -0.05) is 12.1 Å². The third-order valence-corrected chi connectivity index (χ3v) is 4.58. The van der Waals surface area contributed by atoms with Crippen molar-refractivity contribution in [3.8, 4) is 5.75 Å². The fourth-order valence-corrected chi connectivity index (χ4v) is 2.87. The Morgan fingerprint density at radius 1 is 0.966 bits per heavy atom. The maximum absolute atomic E-state index is 12.6. The number of carbonyl (C=O) groups is 2. The van der Waals surface area contributed by atoms with E-state index >= 15 is 0 Å². The van der Waals surface area contributed by atoms with Gasteiger partial charge in [0.25, 0.3) is 11.8 Å². The number of hydrogen-bond donors (Lipinski definition) is 1. The van der Waals surface area contributed by atoms with Crippen LogP contribution in [0, 0.1) is 0 Å². The largest absolute Gasteiger partial charge is 0.495 e. The lowest BCUT2D eigenvalue weighted by atomic mass is 10.1. The molecule has 6 nitrogen and oxygen atoms in total. The van der Waals surface area contributed by atoms with Crippen molar-refractivity contribution in [3.63, 3.8) is 0 Å². The number of benzene rings is 2. The molecule has 0 aliphatic carbocycles. The fraction of sp³-hybridized carbons (Fsp3) is 0.174. The van der Waals surface area contributed by atoms with Crippen LogP contribution < -0.4 is 10.1 Å². The van der Waals surface area contributed by atoms with Crippen LogP contribution in [0.25, 0.3) is 0 Å². The molecular formula is C23H23N3O3. The SMILES string of the molecule is COc1ccccc1NC(=O)c1ccc(C(=O)N(C)CCc2ccncc2)cc1. The van der Waals surface area contributed by atoms with Crippen molar-refractivity contribution in [2.75, 3.05) is 26.0 Å². The first-order valence-electron chi connectivity index (χ1n) is 9.27. The van der Waals surface area contributed by atoms with Crippen LogP contribution in [0.1, 0.15) is 26.3 Å². The maximum atomic E-state index is 12.6. The van der Waals surface area contributed by atoms with E-state index in [0.717, 1.165) is 12.0 Å². The summed E-state index contributed by atoms with van der Waals surface area (Å²) in [5.74, 6) is 0.235. The van der Waals surface area contributed by atoms with Crippen LogP contribution >= 0.6 is 0 Å². The van der Waals surface area contributed by atoms with Crippen LogP contribution in [0.4, 0.5) is 5.69 Å². The van der Waals surface area contributed by atoms with Crippen molar-refractivity contribution in [3.05, 3.63) is 89.7 Å². The lowest BCUT2D eigenvalue weighted by Crippen LogP contribution is -2.28. The first-order chi connectivity index (χ1) is 14.1. The third-order valence-electron chi connectivity index (χ3n) is 4.58. The molecule has 3 aromatic rings. The normalized spacial score (nSPS) is 10.3. The number of methoxy groups -OCH3 is 1. The predicted molar refractivity (Wildman–Crippen MR) is 112 cm³/mol. The number of pyridine rings is 1. The molecule has 3 rings (SSSR count). The van der Waals surface area contributed by atoms with E-state index in [-0.39, 0.29) is 11.8 Å². The van der Waals surface area contributed by atoms with Crippen LogP contribution in [-0.2, 0) is 6.42 Å². The Morgan fingerprint density at radius 3 is 2.31 bits per heavy atom. The maximum Gasteiger partial charge on any atom is 0.255 e. The van der Waals surface area contributed by atoms with E-state index in [1.165, 1.54) is 0 Å². The van der Waals surface area contributed by atoms with Gasteiger partial charge < -0.3 is 15.0 Å². The van der Waals surface area contributed by atoms with Crippen LogP contribution in [0.2, 0.25) is 0 Å². The average molecular weight is 389 g/mol. The number of nitrogens with one attached hydrogen (secondary N) is 1. The van der Waals surface area contributed by atoms with E-state index < -0.39 is 0 Å². The number of anilines is 1. The molecule has 148 valence electrons. The first-order valence-corrected chi connectivity index (χ1v) is 9.27. The van der Waals surface area contributed by atoms with Crippen LogP contribution in [0.15, 0.2) is 73.1 Å². The minimum absolute atomic E-state index is 0.0873. The molecule has 0 bridgehead atoms. The molecule has 1 N–H and O–H groups in total. The van der Waals surface area contributed by atoms with Crippen molar-refractivity contribution < 1.29 is 14.3 Å². The minimum atomic E-state index is -0.264. The molecule has 6 heteroatoms. The average Bonchev–Trinajstić information content (AvgIpc) is 2.78. The number of hydrogen-bond acceptors (Lipinski definition) is 4. The Kier molecular flexibility index (Phi) is 6.58. The zero-order valence-electron chi connectivity index (χ0n) is 16.5. The predicted octanol–water partition coefficient (Wildman–Crippen LogP) is 3.66. The first kappa shape index (κ1) is 20.1. The summed E-state index contributed by atoms with van der Waals surface area (Å²) < 4.78 is 5.25. The molecule has 0 spiro atoms. The molecule has 0 aliphatic heterocycles. The number of rotatable bonds is 7. The summed E-state index contributed by atoms with van der Waals surface area (Å²) in [6, 6.07) is 17.7. The highest BCUT2D eigenvalue weighted by molar-refractivity contribution is 6.05. The van der Waals surface area contributed by atoms with Gasteiger partial charge in [-0.25, -0.2) is 0 Å². The van der Waals surface area contributed by atoms with Gasteiger partial charge >= 0.3 is 0 Å². The molecule has 1 heterocycles. The molecule has 0 unspecified atom stereocenters. The van der Waals surface area contributed by atoms with Gasteiger partial charge in [0.05, 0.1) is 12.8 Å². The van der Waals surface area contributed by atoms with E-state index in [1.807, 2.05) is 24.3 Å². The Bertz CT molecular complexity index is 972. The summed E-state index contributed by atoms with van der Waals surface area (Å²) in [4.78, 5) is 30.8. The summed E-state index contributed by atoms with van der Waals surface area (Å²) in [6.07, 6.45) is 4.24. The van der Waals surface area contributed by atoms with E-state index in [1.54, 1.807) is 67.8 Å². The van der Waals surface area contributed by atoms with E-state index in [9.17, 15) is 9.59 Å². The van der Waals surface area contributed by atoms with Crippen molar-refractivity contribution in [1.82, 2.24) is 9.88 Å². The second-order valence-corrected chi connectivity index (χ2v) is 6.56. The Labute approximate surface area is 170 Å². The smallest absolute Gasteiger partial charge is 0.255 e. The number of aromatic nitrogens is 1. The molecule has 0 radical (unpaired) electrons. The molecule has 2 aromatic carbocycles. The summed E-state index contributed by atoms with van der Waals surface area (Å²) in [7, 11) is 3.32. The minimum Gasteiger partial charge on any atom is -0.495 e. The van der Waals surface area contributed by atoms with Gasteiger partial charge in [-0.05, 0) is 60.5 Å². The molecule has 0 aliphatic rings. The Hall–Kier alpha value is -3.67. The quantitative estimate of drug-likeness (QED) is 0.669. The van der Waals surface area contributed by atoms with E-state index in [4.69, 9.17) is 4.74 Å². The highest BCUT2D eigenvalue weighted by atomic mass is 16.5. The molecule has 0 fully saturated rings. The molecule has 0 atom stereocenters. The highest BCUT2D eigenvalue weighted by Crippen LogP contribution is 2.23. The number of amides is 2. The lowest BCUT2D eigenvalue weighted by Gasteiger charge is -2.17. The number of likely N-dealkylation sites (N-methyl/N-ethyl adjacent to an activating group) is 1. The van der Waals surface area contributed by atoms with Gasteiger partial charge in [0, 0.05) is 37.1 Å². The second kappa shape index (κ2) is 9.50. The van der Waals surface area contributed by atoms with Gasteiger partial charge in [0.2, 0.25) is 0 Å². The number of para-hydroxylation sites is 2. The van der Waals surface area contributed by atoms with Crippen LogP contribution in [0.3, 0.4) is 0 Å². The number of carbonyl (C=O) groups excluding carboxylic acids is 2. The zero-order chi connectivity index (χ0) is 20.6. The highest BCUT2D eigenvalue weighted by Gasteiger charge is 2.14. The van der Waals surface area contributed by atoms with Crippen molar-refractivity contribution in [1.29, 1.82) is 0 Å². The van der Waals surface area contributed by atoms with E-state index in [2.05, 4.69) is 10.3 Å². The standard InChI is InChI=1S/C23H23N3O3/c1-26(16-13-17-11-14-24-15-12-17)23(28)19-9-7-18(8-10-19)22(27)25-20-5-3-4-6-21(20)29-2/h3-12,14-15H,13,16H2,1-2H3,(H,25,27). The molecule has 0 saturated carbocycles. The molecular weight excluding hydrogens is 366 g/mol. The number of ether oxygens (including phenoxy) is 1. The Balaban J connectivity index is 1.61. The lowest BCUT2D eigenvalue weighted by molar-refractivity contribution is 0.0796. The van der Waals surface area contributed by atoms with Crippen LogP contribution in [-0.4, -0.2) is 42.4 Å². The van der Waals surface area contributed by atoms with Gasteiger partial charge in [0.1, 0.15) is 5.75 Å². The van der Waals surface area contributed by atoms with Gasteiger partial charge in [0.15, 0.2) is 0 Å². The van der Waals surface area contributed by atoms with Crippen molar-refractivity contribution >= 4 is 17.5 Å². The van der Waals surface area contributed by atoms with Crippen molar-refractivity contribution in [2.24, 2.45) is 0 Å². The summed E-state index contributed by atoms with van der Waals surface area (Å²) in [5.41, 5.74) is 2.72. The fourth-order valence-electron chi connectivity index (χ4n) is 2.87. The molecule has 2 amide bonds. The second-order valence-electron chi connectivity index (χ2n) is 6.56. The van der Waals surface area contributed by atoms with Gasteiger partial charge in [-0.3, -0.25) is 14.6 Å². The zero-order valence-corrected chi connectivity index (χ0v) is 16.5. The van der Waals surface area contributed by atoms with Crippen LogP contribution in [0.5, 0.6) is 5.75 Å². The molecule has 0 saturated heterocycles. The summed E-state index contributed by atoms with van der Waals surface area (Å²) in [6.45, 7) is 0.596.